The Morgan fingerprint density at radius 2 is 2.08 bits per heavy atom. The van der Waals surface area contributed by atoms with Gasteiger partial charge in [0.05, 0.1) is 18.8 Å². The highest BCUT2D eigenvalue weighted by Crippen LogP contribution is 2.13. The third kappa shape index (κ3) is 5.26. The van der Waals surface area contributed by atoms with Crippen LogP contribution in [0.4, 0.5) is 0 Å². The van der Waals surface area contributed by atoms with E-state index in [1.54, 1.807) is 13.2 Å². The Labute approximate surface area is 142 Å². The first-order chi connectivity index (χ1) is 11.6. The van der Waals surface area contributed by atoms with Crippen molar-refractivity contribution in [1.82, 2.24) is 20.8 Å². The molecule has 0 aliphatic heterocycles. The second kappa shape index (κ2) is 8.90. The van der Waals surface area contributed by atoms with E-state index in [1.807, 2.05) is 25.1 Å². The molecule has 0 bridgehead atoms. The van der Waals surface area contributed by atoms with Crippen molar-refractivity contribution in [1.29, 1.82) is 0 Å². The number of guanidine groups is 1. The third-order valence-electron chi connectivity index (χ3n) is 3.37. The fraction of sp³-hybridized carbons (Fsp3) is 0.471. The Bertz CT molecular complexity index is 667. The molecule has 0 atom stereocenters. The summed E-state index contributed by atoms with van der Waals surface area (Å²) in [7, 11) is 1.73. The summed E-state index contributed by atoms with van der Waals surface area (Å²) in [4.78, 5) is 8.36. The Hall–Kier alpha value is -2.57. The number of hydrogen-bond donors (Lipinski definition) is 2. The summed E-state index contributed by atoms with van der Waals surface area (Å²) in [6.07, 6.45) is 1.74. The Morgan fingerprint density at radius 3 is 2.75 bits per heavy atom. The predicted molar refractivity (Wildman–Crippen MR) is 93.0 cm³/mol. The van der Waals surface area contributed by atoms with Crippen LogP contribution in [0.25, 0.3) is 0 Å². The fourth-order valence-corrected chi connectivity index (χ4v) is 2.05. The van der Waals surface area contributed by atoms with Crippen LogP contribution in [0.2, 0.25) is 0 Å². The van der Waals surface area contributed by atoms with Crippen LogP contribution in [0.1, 0.15) is 43.7 Å². The highest BCUT2D eigenvalue weighted by molar-refractivity contribution is 5.79. The molecule has 0 saturated heterocycles. The van der Waals surface area contributed by atoms with Crippen molar-refractivity contribution in [3.05, 3.63) is 41.4 Å². The maximum atomic E-state index is 5.40. The molecule has 0 aliphatic carbocycles. The number of nitrogens with zero attached hydrogens (tertiary/aromatic N) is 3. The summed E-state index contributed by atoms with van der Waals surface area (Å²) in [5, 5.41) is 10.5. The molecule has 2 N–H and O–H groups in total. The van der Waals surface area contributed by atoms with E-state index >= 15 is 0 Å². The number of nitrogens with one attached hydrogen (secondary N) is 2. The monoisotopic (exact) mass is 331 g/mol. The number of hydrogen-bond acceptors (Lipinski definition) is 5. The quantitative estimate of drug-likeness (QED) is 0.599. The SMILES string of the molecule is CCOc1cc(CNC(=NC)NCc2cc(C(C)C)no2)ccn1. The van der Waals surface area contributed by atoms with Gasteiger partial charge in [0.2, 0.25) is 5.88 Å². The van der Waals surface area contributed by atoms with Gasteiger partial charge in [0.15, 0.2) is 11.7 Å². The van der Waals surface area contributed by atoms with Gasteiger partial charge in [-0.2, -0.15) is 0 Å². The zero-order valence-corrected chi connectivity index (χ0v) is 14.7. The van der Waals surface area contributed by atoms with Gasteiger partial charge in [-0.25, -0.2) is 4.98 Å². The van der Waals surface area contributed by atoms with E-state index in [2.05, 4.69) is 39.6 Å². The van der Waals surface area contributed by atoms with Gasteiger partial charge in [-0.05, 0) is 24.5 Å². The first-order valence-corrected chi connectivity index (χ1v) is 8.10. The minimum Gasteiger partial charge on any atom is -0.478 e. The highest BCUT2D eigenvalue weighted by Gasteiger charge is 2.08. The zero-order valence-electron chi connectivity index (χ0n) is 14.7. The number of aliphatic imine (C=N–C) groups is 1. The standard InChI is InChI=1S/C17H25N5O2/c1-5-23-16-8-13(6-7-19-16)10-20-17(18-4)21-11-14-9-15(12(2)3)22-24-14/h6-9,12H,5,10-11H2,1-4H3,(H2,18,20,21). The molecule has 0 radical (unpaired) electrons. The molecule has 2 aromatic rings. The Balaban J connectivity index is 1.84. The smallest absolute Gasteiger partial charge is 0.213 e. The lowest BCUT2D eigenvalue weighted by Crippen LogP contribution is -2.36. The van der Waals surface area contributed by atoms with Crippen molar-refractivity contribution in [2.24, 2.45) is 4.99 Å². The minimum atomic E-state index is 0.353. The first-order valence-electron chi connectivity index (χ1n) is 8.10. The van der Waals surface area contributed by atoms with E-state index in [-0.39, 0.29) is 0 Å². The first kappa shape index (κ1) is 17.8. The van der Waals surface area contributed by atoms with Crippen molar-refractivity contribution in [3.8, 4) is 5.88 Å². The van der Waals surface area contributed by atoms with E-state index in [0.29, 0.717) is 37.5 Å². The molecule has 7 heteroatoms. The van der Waals surface area contributed by atoms with Crippen molar-refractivity contribution in [2.45, 2.75) is 39.8 Å². The van der Waals surface area contributed by atoms with Crippen LogP contribution in [0, 0.1) is 0 Å². The molecule has 130 valence electrons. The second-order valence-electron chi connectivity index (χ2n) is 5.59. The van der Waals surface area contributed by atoms with Crippen LogP contribution in [-0.4, -0.2) is 29.8 Å². The molecule has 2 rings (SSSR count). The van der Waals surface area contributed by atoms with Gasteiger partial charge in [-0.15, -0.1) is 0 Å². The molecule has 0 fully saturated rings. The molecular weight excluding hydrogens is 306 g/mol. The zero-order chi connectivity index (χ0) is 17.4. The lowest BCUT2D eigenvalue weighted by atomic mass is 10.1. The lowest BCUT2D eigenvalue weighted by Gasteiger charge is -2.11. The van der Waals surface area contributed by atoms with Crippen LogP contribution in [-0.2, 0) is 13.1 Å². The molecule has 2 aromatic heterocycles. The van der Waals surface area contributed by atoms with Crippen molar-refractivity contribution in [3.63, 3.8) is 0 Å². The molecule has 0 saturated carbocycles. The summed E-state index contributed by atoms with van der Waals surface area (Å²) < 4.78 is 10.7. The summed E-state index contributed by atoms with van der Waals surface area (Å²) in [5.74, 6) is 2.45. The molecule has 0 amide bonds. The summed E-state index contributed by atoms with van der Waals surface area (Å²) in [5.41, 5.74) is 2.02. The van der Waals surface area contributed by atoms with Gasteiger partial charge in [0, 0.05) is 31.9 Å². The maximum absolute atomic E-state index is 5.40. The van der Waals surface area contributed by atoms with Crippen molar-refractivity contribution >= 4 is 5.96 Å². The number of aromatic nitrogens is 2. The van der Waals surface area contributed by atoms with E-state index < -0.39 is 0 Å². The van der Waals surface area contributed by atoms with Crippen LogP contribution >= 0.6 is 0 Å². The molecule has 0 aliphatic rings. The average Bonchev–Trinajstić information content (AvgIpc) is 3.05. The minimum absolute atomic E-state index is 0.353. The largest absolute Gasteiger partial charge is 0.478 e. The maximum Gasteiger partial charge on any atom is 0.213 e. The van der Waals surface area contributed by atoms with Crippen LogP contribution in [0.15, 0.2) is 33.9 Å². The second-order valence-corrected chi connectivity index (χ2v) is 5.59. The average molecular weight is 331 g/mol. The van der Waals surface area contributed by atoms with Gasteiger partial charge in [0.25, 0.3) is 0 Å². The molecule has 0 unspecified atom stereocenters. The van der Waals surface area contributed by atoms with E-state index in [1.165, 1.54) is 0 Å². The van der Waals surface area contributed by atoms with Crippen LogP contribution in [0.3, 0.4) is 0 Å². The fourth-order valence-electron chi connectivity index (χ4n) is 2.05. The van der Waals surface area contributed by atoms with Crippen molar-refractivity contribution < 1.29 is 9.26 Å². The molecule has 0 spiro atoms. The topological polar surface area (TPSA) is 84.6 Å². The van der Waals surface area contributed by atoms with Gasteiger partial charge >= 0.3 is 0 Å². The molecule has 7 nitrogen and oxygen atoms in total. The molecular formula is C17H25N5O2. The lowest BCUT2D eigenvalue weighted by molar-refractivity contribution is 0.326. The van der Waals surface area contributed by atoms with E-state index in [9.17, 15) is 0 Å². The van der Waals surface area contributed by atoms with Crippen LogP contribution in [0.5, 0.6) is 5.88 Å². The molecule has 0 aromatic carbocycles. The van der Waals surface area contributed by atoms with Crippen LogP contribution < -0.4 is 15.4 Å². The van der Waals surface area contributed by atoms with E-state index in [0.717, 1.165) is 17.0 Å². The molecule has 2 heterocycles. The summed E-state index contributed by atoms with van der Waals surface area (Å²) in [6, 6.07) is 5.81. The van der Waals surface area contributed by atoms with Gasteiger partial charge in [0.1, 0.15) is 0 Å². The summed E-state index contributed by atoms with van der Waals surface area (Å²) >= 11 is 0. The number of rotatable bonds is 7. The van der Waals surface area contributed by atoms with Gasteiger partial charge in [-0.3, -0.25) is 4.99 Å². The summed E-state index contributed by atoms with van der Waals surface area (Å²) in [6.45, 7) is 7.85. The van der Waals surface area contributed by atoms with Gasteiger partial charge in [-0.1, -0.05) is 19.0 Å². The number of ether oxygens (including phenoxy) is 1. The Morgan fingerprint density at radius 1 is 1.29 bits per heavy atom. The predicted octanol–water partition coefficient (Wildman–Crippen LogP) is 2.46. The molecule has 24 heavy (non-hydrogen) atoms. The Kier molecular flexibility index (Phi) is 6.60. The van der Waals surface area contributed by atoms with Gasteiger partial charge < -0.3 is 19.9 Å². The number of pyridine rings is 1. The van der Waals surface area contributed by atoms with Crippen molar-refractivity contribution in [2.75, 3.05) is 13.7 Å². The highest BCUT2D eigenvalue weighted by atomic mass is 16.5. The van der Waals surface area contributed by atoms with E-state index in [4.69, 9.17) is 9.26 Å². The third-order valence-corrected chi connectivity index (χ3v) is 3.37. The normalized spacial score (nSPS) is 11.6.